The predicted molar refractivity (Wildman–Crippen MR) is 56.2 cm³/mol. The van der Waals surface area contributed by atoms with Crippen molar-refractivity contribution in [3.05, 3.63) is 0 Å². The fourth-order valence-electron chi connectivity index (χ4n) is 2.25. The van der Waals surface area contributed by atoms with Gasteiger partial charge in [-0.05, 0) is 12.8 Å². The smallest absolute Gasteiger partial charge is 0.248 e. The number of hydrogen-bond donors (Lipinski definition) is 2. The third-order valence-electron chi connectivity index (χ3n) is 3.10. The highest BCUT2D eigenvalue weighted by atomic mass is 16.3. The van der Waals surface area contributed by atoms with E-state index in [4.69, 9.17) is 5.73 Å². The third kappa shape index (κ3) is 2.03. The Morgan fingerprint density at radius 3 is 2.80 bits per heavy atom. The zero-order valence-corrected chi connectivity index (χ0v) is 8.72. The molecule has 1 fully saturated rings. The van der Waals surface area contributed by atoms with Gasteiger partial charge in [0.2, 0.25) is 5.91 Å². The molecule has 0 aromatic heterocycles. The van der Waals surface area contributed by atoms with Crippen molar-refractivity contribution in [2.24, 2.45) is 10.8 Å². The summed E-state index contributed by atoms with van der Waals surface area (Å²) in [6.45, 7) is 0.324. The van der Waals surface area contributed by atoms with Crippen LogP contribution in [-0.4, -0.2) is 40.4 Å². The number of nitrogens with two attached hydrogens (primary N) is 1. The Morgan fingerprint density at radius 2 is 2.20 bits per heavy atom. The molecule has 5 nitrogen and oxygen atoms in total. The summed E-state index contributed by atoms with van der Waals surface area (Å²) < 4.78 is 0. The summed E-state index contributed by atoms with van der Waals surface area (Å²) in [5.41, 5.74) is 6.17. The fraction of sp³-hybridized carbons (Fsp3) is 0.800. The molecular formula is C10H17N3O2. The summed E-state index contributed by atoms with van der Waals surface area (Å²) in [7, 11) is 0. The van der Waals surface area contributed by atoms with Crippen molar-refractivity contribution in [3.8, 4) is 0 Å². The van der Waals surface area contributed by atoms with Crippen LogP contribution in [0.3, 0.4) is 0 Å². The molecule has 0 radical (unpaired) electrons. The second-order valence-electron chi connectivity index (χ2n) is 4.20. The van der Waals surface area contributed by atoms with Crippen molar-refractivity contribution in [2.45, 2.75) is 44.2 Å². The van der Waals surface area contributed by atoms with Crippen LogP contribution in [0.25, 0.3) is 0 Å². The third-order valence-corrected chi connectivity index (χ3v) is 3.10. The number of amides is 1. The Hall–Kier alpha value is -0.940. The first-order chi connectivity index (χ1) is 7.22. The minimum atomic E-state index is -0.427. The number of aliphatic hydroxyl groups excluding tert-OH is 1. The zero-order chi connectivity index (χ0) is 10.8. The summed E-state index contributed by atoms with van der Waals surface area (Å²) in [6.07, 6.45) is 3.59. The maximum Gasteiger partial charge on any atom is 0.248 e. The highest BCUT2D eigenvalue weighted by Crippen LogP contribution is 2.26. The van der Waals surface area contributed by atoms with Gasteiger partial charge in [-0.3, -0.25) is 4.79 Å². The summed E-state index contributed by atoms with van der Waals surface area (Å²) in [6, 6.07) is -0.129. The first kappa shape index (κ1) is 10.6. The Bertz CT molecular complexity index is 290. The van der Waals surface area contributed by atoms with E-state index in [1.54, 1.807) is 0 Å². The second kappa shape index (κ2) is 4.28. The average Bonchev–Trinajstić information content (AvgIpc) is 2.60. The Balaban J connectivity index is 2.09. The van der Waals surface area contributed by atoms with E-state index in [0.717, 1.165) is 31.4 Å². The van der Waals surface area contributed by atoms with Gasteiger partial charge in [-0.1, -0.05) is 12.8 Å². The monoisotopic (exact) mass is 211 g/mol. The average molecular weight is 211 g/mol. The summed E-state index contributed by atoms with van der Waals surface area (Å²) >= 11 is 0. The lowest BCUT2D eigenvalue weighted by molar-refractivity contribution is -0.134. The molecule has 1 aliphatic heterocycles. The lowest BCUT2D eigenvalue weighted by Crippen LogP contribution is -2.43. The quantitative estimate of drug-likeness (QED) is 0.666. The van der Waals surface area contributed by atoms with Crippen molar-refractivity contribution in [2.75, 3.05) is 6.54 Å². The number of hydrazone groups is 1. The van der Waals surface area contributed by atoms with Crippen LogP contribution in [0.1, 0.15) is 32.1 Å². The fourth-order valence-corrected chi connectivity index (χ4v) is 2.25. The van der Waals surface area contributed by atoms with Gasteiger partial charge in [0.1, 0.15) is 0 Å². The lowest BCUT2D eigenvalue weighted by atomic mass is 9.92. The molecule has 2 atom stereocenters. The molecule has 5 heteroatoms. The SMILES string of the molecule is NCC1=NN(C2CCCCC2O)C(=O)C1. The summed E-state index contributed by atoms with van der Waals surface area (Å²) in [5.74, 6) is -0.0265. The molecule has 2 aliphatic rings. The number of nitrogens with zero attached hydrogens (tertiary/aromatic N) is 2. The van der Waals surface area contributed by atoms with E-state index in [1.165, 1.54) is 5.01 Å². The first-order valence-corrected chi connectivity index (χ1v) is 5.49. The molecule has 2 unspecified atom stereocenters. The van der Waals surface area contributed by atoms with Gasteiger partial charge in [0.15, 0.2) is 0 Å². The highest BCUT2D eigenvalue weighted by Gasteiger charge is 2.35. The normalized spacial score (nSPS) is 32.0. The van der Waals surface area contributed by atoms with Crippen LogP contribution in [0.5, 0.6) is 0 Å². The molecule has 1 saturated carbocycles. The molecule has 0 aromatic carbocycles. The van der Waals surface area contributed by atoms with E-state index in [1.807, 2.05) is 0 Å². The van der Waals surface area contributed by atoms with Gasteiger partial charge in [-0.2, -0.15) is 5.10 Å². The zero-order valence-electron chi connectivity index (χ0n) is 8.72. The number of carbonyl (C=O) groups excluding carboxylic acids is 1. The van der Waals surface area contributed by atoms with E-state index in [-0.39, 0.29) is 11.9 Å². The molecule has 0 aromatic rings. The maximum absolute atomic E-state index is 11.6. The summed E-state index contributed by atoms with van der Waals surface area (Å²) in [5, 5.41) is 15.4. The number of carbonyl (C=O) groups is 1. The van der Waals surface area contributed by atoms with Gasteiger partial charge in [-0.25, -0.2) is 5.01 Å². The molecule has 0 spiro atoms. The maximum atomic E-state index is 11.6. The lowest BCUT2D eigenvalue weighted by Gasteiger charge is -2.32. The van der Waals surface area contributed by atoms with Crippen LogP contribution in [0, 0.1) is 0 Å². The van der Waals surface area contributed by atoms with E-state index in [0.29, 0.717) is 13.0 Å². The van der Waals surface area contributed by atoms with E-state index >= 15 is 0 Å². The molecule has 1 aliphatic carbocycles. The van der Waals surface area contributed by atoms with Crippen LogP contribution in [0.15, 0.2) is 5.10 Å². The highest BCUT2D eigenvalue weighted by molar-refractivity contribution is 6.05. The predicted octanol–water partition coefficient (Wildman–Crippen LogP) is -0.163. The van der Waals surface area contributed by atoms with Gasteiger partial charge < -0.3 is 10.8 Å². The molecule has 1 heterocycles. The van der Waals surface area contributed by atoms with Crippen LogP contribution >= 0.6 is 0 Å². The Kier molecular flexibility index (Phi) is 3.02. The minimum absolute atomic E-state index is 0.0265. The second-order valence-corrected chi connectivity index (χ2v) is 4.20. The Labute approximate surface area is 88.9 Å². The molecule has 0 saturated heterocycles. The molecule has 0 bridgehead atoms. The molecule has 15 heavy (non-hydrogen) atoms. The van der Waals surface area contributed by atoms with E-state index in [9.17, 15) is 9.90 Å². The number of aliphatic hydroxyl groups is 1. The van der Waals surface area contributed by atoms with Gasteiger partial charge in [0, 0.05) is 6.54 Å². The first-order valence-electron chi connectivity index (χ1n) is 5.49. The standard InChI is InChI=1S/C10H17N3O2/c11-6-7-5-10(15)13(12-7)8-3-1-2-4-9(8)14/h8-9,14H,1-6,11H2. The van der Waals surface area contributed by atoms with Gasteiger partial charge in [0.05, 0.1) is 24.3 Å². The molecule has 1 amide bonds. The minimum Gasteiger partial charge on any atom is -0.391 e. The molecule has 3 N–H and O–H groups in total. The number of rotatable bonds is 2. The van der Waals surface area contributed by atoms with Gasteiger partial charge >= 0.3 is 0 Å². The van der Waals surface area contributed by atoms with Crippen molar-refractivity contribution < 1.29 is 9.90 Å². The van der Waals surface area contributed by atoms with Crippen molar-refractivity contribution in [3.63, 3.8) is 0 Å². The van der Waals surface area contributed by atoms with Gasteiger partial charge in [-0.15, -0.1) is 0 Å². The van der Waals surface area contributed by atoms with Crippen molar-refractivity contribution in [1.82, 2.24) is 5.01 Å². The van der Waals surface area contributed by atoms with Crippen LogP contribution in [0.2, 0.25) is 0 Å². The van der Waals surface area contributed by atoms with Crippen LogP contribution in [-0.2, 0) is 4.79 Å². The van der Waals surface area contributed by atoms with Crippen molar-refractivity contribution >= 4 is 11.6 Å². The molecule has 2 rings (SSSR count). The molecule has 84 valence electrons. The van der Waals surface area contributed by atoms with Crippen LogP contribution in [0.4, 0.5) is 0 Å². The number of hydrogen-bond acceptors (Lipinski definition) is 4. The van der Waals surface area contributed by atoms with Crippen LogP contribution < -0.4 is 5.73 Å². The largest absolute Gasteiger partial charge is 0.391 e. The topological polar surface area (TPSA) is 78.9 Å². The molecular weight excluding hydrogens is 194 g/mol. The van der Waals surface area contributed by atoms with E-state index < -0.39 is 6.10 Å². The van der Waals surface area contributed by atoms with Crippen molar-refractivity contribution in [1.29, 1.82) is 0 Å². The van der Waals surface area contributed by atoms with Gasteiger partial charge in [0.25, 0.3) is 0 Å². The Morgan fingerprint density at radius 1 is 1.47 bits per heavy atom. The summed E-state index contributed by atoms with van der Waals surface area (Å²) in [4.78, 5) is 11.6. The van der Waals surface area contributed by atoms with E-state index in [2.05, 4.69) is 5.10 Å².